The summed E-state index contributed by atoms with van der Waals surface area (Å²) in [6, 6.07) is 3.98. The minimum absolute atomic E-state index is 0. The Labute approximate surface area is 105 Å². The number of nitrogen functional groups attached to an aromatic ring is 1. The predicted molar refractivity (Wildman–Crippen MR) is 68.5 cm³/mol. The van der Waals surface area contributed by atoms with E-state index in [9.17, 15) is 0 Å². The van der Waals surface area contributed by atoms with Crippen LogP contribution in [0.2, 0.25) is 0 Å². The van der Waals surface area contributed by atoms with Crippen LogP contribution in [0.25, 0.3) is 0 Å². The van der Waals surface area contributed by atoms with Gasteiger partial charge in [-0.3, -0.25) is 0 Å². The lowest BCUT2D eigenvalue weighted by Gasteiger charge is -2.19. The van der Waals surface area contributed by atoms with Gasteiger partial charge in [-0.05, 0) is 36.2 Å². The zero-order valence-electron chi connectivity index (χ0n) is 7.55. The number of nitrogens with one attached hydrogen (secondary N) is 1. The molecule has 0 saturated heterocycles. The molecule has 2 rings (SSSR count). The quantitative estimate of drug-likeness (QED) is 0.723. The highest BCUT2D eigenvalue weighted by molar-refractivity contribution is 9.10. The summed E-state index contributed by atoms with van der Waals surface area (Å²) in [5.41, 5.74) is 9.42. The second-order valence-corrected chi connectivity index (χ2v) is 3.87. The van der Waals surface area contributed by atoms with E-state index in [-0.39, 0.29) is 24.8 Å². The Morgan fingerprint density at radius 3 is 2.57 bits per heavy atom. The lowest BCUT2D eigenvalue weighted by molar-refractivity contribution is 0.643. The Balaban J connectivity index is 0.000000845. The number of nitrogens with two attached hydrogens (primary N) is 1. The van der Waals surface area contributed by atoms with Gasteiger partial charge in [-0.25, -0.2) is 0 Å². The maximum atomic E-state index is 5.86. The number of rotatable bonds is 0. The molecule has 1 aliphatic heterocycles. The van der Waals surface area contributed by atoms with E-state index < -0.39 is 0 Å². The minimum atomic E-state index is 0. The molecule has 80 valence electrons. The van der Waals surface area contributed by atoms with Gasteiger partial charge in [0.15, 0.2) is 0 Å². The summed E-state index contributed by atoms with van der Waals surface area (Å²) >= 11 is 3.52. The molecular weight excluding hydrogens is 287 g/mol. The van der Waals surface area contributed by atoms with Crippen molar-refractivity contribution >= 4 is 46.4 Å². The molecule has 1 aromatic rings. The fourth-order valence-corrected chi connectivity index (χ4v) is 2.11. The third-order valence-corrected chi connectivity index (χ3v) is 3.01. The molecule has 5 heteroatoms. The molecule has 0 saturated carbocycles. The molecule has 0 spiro atoms. The molecular formula is C9H13BrCl2N2. The second-order valence-electron chi connectivity index (χ2n) is 3.02. The van der Waals surface area contributed by atoms with E-state index in [2.05, 4.69) is 21.2 Å². The van der Waals surface area contributed by atoms with Gasteiger partial charge in [0.1, 0.15) is 0 Å². The number of fused-ring (bicyclic) bond motifs is 1. The van der Waals surface area contributed by atoms with Crippen molar-refractivity contribution in [3.05, 3.63) is 27.7 Å². The van der Waals surface area contributed by atoms with Crippen LogP contribution in [0.1, 0.15) is 11.1 Å². The van der Waals surface area contributed by atoms with Crippen LogP contribution in [0.3, 0.4) is 0 Å². The van der Waals surface area contributed by atoms with Crippen LogP contribution in [-0.4, -0.2) is 6.54 Å². The highest BCUT2D eigenvalue weighted by Crippen LogP contribution is 2.27. The third-order valence-electron chi connectivity index (χ3n) is 2.26. The maximum absolute atomic E-state index is 5.86. The van der Waals surface area contributed by atoms with Gasteiger partial charge in [-0.1, -0.05) is 15.9 Å². The average molecular weight is 300 g/mol. The van der Waals surface area contributed by atoms with E-state index >= 15 is 0 Å². The first-order valence-electron chi connectivity index (χ1n) is 4.05. The van der Waals surface area contributed by atoms with Crippen LogP contribution in [0.5, 0.6) is 0 Å². The summed E-state index contributed by atoms with van der Waals surface area (Å²) < 4.78 is 1.17. The zero-order chi connectivity index (χ0) is 8.55. The maximum Gasteiger partial charge on any atom is 0.0351 e. The summed E-state index contributed by atoms with van der Waals surface area (Å²) in [6.45, 7) is 1.97. The molecule has 0 aromatic heterocycles. The minimum Gasteiger partial charge on any atom is -0.398 e. The largest absolute Gasteiger partial charge is 0.398 e. The normalized spacial score (nSPS) is 13.5. The fraction of sp³-hybridized carbons (Fsp3) is 0.333. The molecule has 0 aliphatic carbocycles. The van der Waals surface area contributed by atoms with Crippen molar-refractivity contribution in [2.24, 2.45) is 0 Å². The lowest BCUT2D eigenvalue weighted by atomic mass is 9.99. The van der Waals surface area contributed by atoms with Crippen molar-refractivity contribution in [3.8, 4) is 0 Å². The Bertz CT molecular complexity index is 287. The van der Waals surface area contributed by atoms with Gasteiger partial charge in [0.2, 0.25) is 0 Å². The molecule has 1 aliphatic rings. The molecule has 0 radical (unpaired) electrons. The molecule has 3 N–H and O–H groups in total. The SMILES string of the molecule is Cl.Cl.Nc1ccc(Br)c2c1CCNC2. The van der Waals surface area contributed by atoms with Crippen molar-refractivity contribution in [1.29, 1.82) is 0 Å². The van der Waals surface area contributed by atoms with Gasteiger partial charge in [-0.15, -0.1) is 24.8 Å². The molecule has 0 atom stereocenters. The summed E-state index contributed by atoms with van der Waals surface area (Å²) in [6.07, 6.45) is 1.04. The van der Waals surface area contributed by atoms with Crippen LogP contribution >= 0.6 is 40.7 Å². The number of benzene rings is 1. The molecule has 0 amide bonds. The highest BCUT2D eigenvalue weighted by Gasteiger charge is 2.13. The first-order valence-corrected chi connectivity index (χ1v) is 4.85. The van der Waals surface area contributed by atoms with E-state index in [1.54, 1.807) is 0 Å². The number of hydrogen-bond acceptors (Lipinski definition) is 2. The Morgan fingerprint density at radius 1 is 1.21 bits per heavy atom. The van der Waals surface area contributed by atoms with Crippen molar-refractivity contribution in [3.63, 3.8) is 0 Å². The predicted octanol–water partition coefficient (Wildman–Crippen LogP) is 2.52. The molecule has 0 fully saturated rings. The van der Waals surface area contributed by atoms with Gasteiger partial charge < -0.3 is 11.1 Å². The second kappa shape index (κ2) is 5.81. The first kappa shape index (κ1) is 14.0. The molecule has 0 unspecified atom stereocenters. The van der Waals surface area contributed by atoms with Gasteiger partial charge in [0, 0.05) is 16.7 Å². The van der Waals surface area contributed by atoms with Gasteiger partial charge >= 0.3 is 0 Å². The lowest BCUT2D eigenvalue weighted by Crippen LogP contribution is -2.24. The van der Waals surface area contributed by atoms with Crippen LogP contribution in [0.4, 0.5) is 5.69 Å². The molecule has 2 nitrogen and oxygen atoms in total. The van der Waals surface area contributed by atoms with E-state index in [4.69, 9.17) is 5.73 Å². The van der Waals surface area contributed by atoms with E-state index in [0.717, 1.165) is 25.2 Å². The summed E-state index contributed by atoms with van der Waals surface area (Å²) in [7, 11) is 0. The average Bonchev–Trinajstić information content (AvgIpc) is 2.12. The molecule has 0 bridgehead atoms. The smallest absolute Gasteiger partial charge is 0.0351 e. The van der Waals surface area contributed by atoms with Crippen LogP contribution in [0, 0.1) is 0 Å². The third kappa shape index (κ3) is 2.54. The van der Waals surface area contributed by atoms with Gasteiger partial charge in [0.25, 0.3) is 0 Å². The molecule has 14 heavy (non-hydrogen) atoms. The summed E-state index contributed by atoms with van der Waals surface area (Å²) in [5, 5.41) is 3.32. The van der Waals surface area contributed by atoms with E-state index in [0.29, 0.717) is 0 Å². The van der Waals surface area contributed by atoms with E-state index in [1.165, 1.54) is 15.6 Å². The van der Waals surface area contributed by atoms with Crippen molar-refractivity contribution < 1.29 is 0 Å². The van der Waals surface area contributed by atoms with Gasteiger partial charge in [-0.2, -0.15) is 0 Å². The van der Waals surface area contributed by atoms with Gasteiger partial charge in [0.05, 0.1) is 0 Å². The highest BCUT2D eigenvalue weighted by atomic mass is 79.9. The zero-order valence-corrected chi connectivity index (χ0v) is 10.8. The van der Waals surface area contributed by atoms with Crippen LogP contribution in [0.15, 0.2) is 16.6 Å². The van der Waals surface area contributed by atoms with Crippen molar-refractivity contribution in [2.45, 2.75) is 13.0 Å². The summed E-state index contributed by atoms with van der Waals surface area (Å²) in [5.74, 6) is 0. The summed E-state index contributed by atoms with van der Waals surface area (Å²) in [4.78, 5) is 0. The first-order chi connectivity index (χ1) is 5.79. The molecule has 1 heterocycles. The fourth-order valence-electron chi connectivity index (χ4n) is 1.60. The van der Waals surface area contributed by atoms with Crippen molar-refractivity contribution in [2.75, 3.05) is 12.3 Å². The number of hydrogen-bond donors (Lipinski definition) is 2. The molecule has 1 aromatic carbocycles. The van der Waals surface area contributed by atoms with Crippen LogP contribution < -0.4 is 11.1 Å². The van der Waals surface area contributed by atoms with Crippen molar-refractivity contribution in [1.82, 2.24) is 5.32 Å². The Morgan fingerprint density at radius 2 is 1.93 bits per heavy atom. The monoisotopic (exact) mass is 298 g/mol. The Kier molecular flexibility index (Phi) is 5.83. The number of halogens is 3. The standard InChI is InChI=1S/C9H11BrN2.2ClH/c10-8-1-2-9(11)6-3-4-12-5-7(6)8;;/h1-2,12H,3-5,11H2;2*1H. The van der Waals surface area contributed by atoms with Crippen LogP contribution in [-0.2, 0) is 13.0 Å². The van der Waals surface area contributed by atoms with E-state index in [1.807, 2.05) is 12.1 Å². The Hall–Kier alpha value is 0.0400. The topological polar surface area (TPSA) is 38.0 Å². The number of anilines is 1.